The van der Waals surface area contributed by atoms with E-state index in [1.54, 1.807) is 13.6 Å². The molecular weight excluding hydrogens is 233 g/mol. The number of aliphatic hydroxyl groups is 1. The van der Waals surface area contributed by atoms with Crippen LogP contribution in [0.3, 0.4) is 0 Å². The standard InChI is InChI=1S/C7H13B2O6P/c1-4-5(3-14-16(11,12)13-2)15-7(6(4)10)8-9-7/h4-6,10H,3H2,1-2H3,(H,11,12)/t4?,5-,6+/m1/s1. The van der Waals surface area contributed by atoms with Gasteiger partial charge in [0, 0.05) is 0 Å². The molecular formula is C7H13B2O6P. The molecule has 2 aliphatic rings. The molecule has 0 amide bonds. The van der Waals surface area contributed by atoms with E-state index in [1.165, 1.54) is 0 Å². The summed E-state index contributed by atoms with van der Waals surface area (Å²) in [5, 5.41) is 9.17. The maximum atomic E-state index is 11.1. The molecule has 2 heterocycles. The summed E-state index contributed by atoms with van der Waals surface area (Å²) < 4.78 is 25.6. The minimum absolute atomic E-state index is 0.0801. The van der Waals surface area contributed by atoms with Gasteiger partial charge < -0.3 is 0 Å². The Morgan fingerprint density at radius 3 is 2.62 bits per heavy atom. The van der Waals surface area contributed by atoms with Crippen molar-refractivity contribution in [2.75, 3.05) is 13.7 Å². The molecule has 0 aromatic carbocycles. The second-order valence-corrected chi connectivity index (χ2v) is 5.65. The molecule has 1 spiro atoms. The van der Waals surface area contributed by atoms with Crippen molar-refractivity contribution in [2.24, 2.45) is 5.92 Å². The Balaban J connectivity index is 1.90. The Bertz CT molecular complexity index is 355. The first kappa shape index (κ1) is 12.6. The molecule has 0 saturated carbocycles. The van der Waals surface area contributed by atoms with Crippen LogP contribution in [-0.2, 0) is 18.3 Å². The van der Waals surface area contributed by atoms with E-state index >= 15 is 0 Å². The molecule has 9 heteroatoms. The molecule has 2 N–H and O–H groups in total. The number of aliphatic hydroxyl groups excluding tert-OH is 1. The van der Waals surface area contributed by atoms with E-state index in [9.17, 15) is 9.67 Å². The van der Waals surface area contributed by atoms with Crippen LogP contribution in [0, 0.1) is 5.92 Å². The summed E-state index contributed by atoms with van der Waals surface area (Å²) in [4.78, 5) is 9.06. The van der Waals surface area contributed by atoms with Crippen molar-refractivity contribution in [3.8, 4) is 0 Å². The third kappa shape index (κ3) is 2.23. The zero-order valence-electron chi connectivity index (χ0n) is 9.07. The van der Waals surface area contributed by atoms with Gasteiger partial charge in [0.05, 0.1) is 0 Å². The molecule has 4 atom stereocenters. The number of hydrogen-bond donors (Lipinski definition) is 2. The molecule has 16 heavy (non-hydrogen) atoms. The first-order valence-electron chi connectivity index (χ1n) is 4.99. The molecule has 2 unspecified atom stereocenters. The van der Waals surface area contributed by atoms with Gasteiger partial charge >= 0.3 is 93.9 Å². The van der Waals surface area contributed by atoms with E-state index in [4.69, 9.17) is 14.2 Å². The molecule has 0 aromatic rings. The molecule has 88 valence electrons. The maximum absolute atomic E-state index is 11.1. The first-order chi connectivity index (χ1) is 7.40. The number of hydrogen-bond acceptors (Lipinski definition) is 5. The second-order valence-electron chi connectivity index (χ2n) is 4.09. The van der Waals surface area contributed by atoms with Crippen LogP contribution in [0.15, 0.2) is 0 Å². The third-order valence-electron chi connectivity index (χ3n) is 3.03. The molecule has 6 nitrogen and oxygen atoms in total. The summed E-state index contributed by atoms with van der Waals surface area (Å²) in [5.74, 6) is -0.160. The van der Waals surface area contributed by atoms with Crippen LogP contribution in [-0.4, -0.2) is 54.9 Å². The van der Waals surface area contributed by atoms with Crippen LogP contribution in [0.4, 0.5) is 0 Å². The second kappa shape index (κ2) is 4.12. The summed E-state index contributed by atoms with van der Waals surface area (Å²) in [6.07, 6.45) is -1.04. The normalized spacial score (nSPS) is 37.9. The van der Waals surface area contributed by atoms with Gasteiger partial charge in [-0.1, -0.05) is 0 Å². The Morgan fingerprint density at radius 1 is 1.56 bits per heavy atom. The van der Waals surface area contributed by atoms with Gasteiger partial charge in [-0.15, -0.1) is 0 Å². The van der Waals surface area contributed by atoms with E-state index in [-0.39, 0.29) is 12.5 Å². The topological polar surface area (TPSA) is 85.2 Å². The van der Waals surface area contributed by atoms with E-state index in [1.807, 2.05) is 6.92 Å². The van der Waals surface area contributed by atoms with Crippen LogP contribution in [0.1, 0.15) is 6.92 Å². The van der Waals surface area contributed by atoms with Crippen LogP contribution >= 0.6 is 7.82 Å². The Kier molecular flexibility index (Phi) is 3.25. The predicted octanol–water partition coefficient (Wildman–Crippen LogP) is -0.864. The first-order valence-corrected chi connectivity index (χ1v) is 6.49. The van der Waals surface area contributed by atoms with Gasteiger partial charge in [-0.25, -0.2) is 0 Å². The van der Waals surface area contributed by atoms with Gasteiger partial charge in [0.15, 0.2) is 0 Å². The Labute approximate surface area is 94.6 Å². The van der Waals surface area contributed by atoms with Crippen molar-refractivity contribution in [3.05, 3.63) is 0 Å². The number of phosphoric ester groups is 1. The van der Waals surface area contributed by atoms with Crippen molar-refractivity contribution in [3.63, 3.8) is 0 Å². The van der Waals surface area contributed by atoms with Crippen LogP contribution < -0.4 is 0 Å². The van der Waals surface area contributed by atoms with Crippen LogP contribution in [0.2, 0.25) is 0 Å². The Hall–Kier alpha value is 0.160. The number of phosphoric acid groups is 1. The summed E-state index contributed by atoms with van der Waals surface area (Å²) in [6, 6.07) is 0. The molecule has 0 aliphatic carbocycles. The zero-order valence-corrected chi connectivity index (χ0v) is 9.96. The van der Waals surface area contributed by atoms with E-state index in [2.05, 4.69) is 4.52 Å². The van der Waals surface area contributed by atoms with Gasteiger partial charge in [-0.05, 0) is 0 Å². The van der Waals surface area contributed by atoms with Crippen LogP contribution in [0.5, 0.6) is 0 Å². The predicted molar refractivity (Wildman–Crippen MR) is 57.1 cm³/mol. The summed E-state index contributed by atoms with van der Waals surface area (Å²) in [6.45, 7) is 5.26. The fourth-order valence-electron chi connectivity index (χ4n) is 1.82. The van der Waals surface area contributed by atoms with Crippen LogP contribution in [0.25, 0.3) is 0 Å². The number of ether oxygens (including phenoxy) is 1. The fourth-order valence-corrected chi connectivity index (χ4v) is 2.26. The number of rotatable bonds is 4. The fraction of sp³-hybridized carbons (Fsp3) is 1.00. The van der Waals surface area contributed by atoms with E-state index in [0.717, 1.165) is 7.11 Å². The Morgan fingerprint density at radius 2 is 2.19 bits per heavy atom. The molecule has 1 fully saturated rings. The molecule has 0 bridgehead atoms. The summed E-state index contributed by atoms with van der Waals surface area (Å²) in [7, 11) is -2.88. The minimum atomic E-state index is -3.98. The average Bonchev–Trinajstić information content (AvgIpc) is 2.98. The third-order valence-corrected chi connectivity index (χ3v) is 3.97. The molecule has 2 rings (SSSR count). The van der Waals surface area contributed by atoms with Crippen molar-refractivity contribution in [1.82, 2.24) is 0 Å². The van der Waals surface area contributed by atoms with Gasteiger partial charge in [0.25, 0.3) is 0 Å². The summed E-state index contributed by atoms with van der Waals surface area (Å²) >= 11 is 0. The molecule has 1 saturated heterocycles. The van der Waals surface area contributed by atoms with Gasteiger partial charge in [-0.3, -0.25) is 0 Å². The summed E-state index contributed by atoms with van der Waals surface area (Å²) in [5.41, 5.74) is 0. The van der Waals surface area contributed by atoms with Crippen molar-refractivity contribution in [1.29, 1.82) is 0 Å². The quantitative estimate of drug-likeness (QED) is 0.495. The molecule has 2 aliphatic heterocycles. The van der Waals surface area contributed by atoms with Gasteiger partial charge in [0.1, 0.15) is 0 Å². The van der Waals surface area contributed by atoms with Crippen molar-refractivity contribution in [2.45, 2.75) is 24.5 Å². The molecule has 0 aromatic heterocycles. The monoisotopic (exact) mass is 246 g/mol. The zero-order chi connectivity index (χ0) is 12.0. The van der Waals surface area contributed by atoms with Gasteiger partial charge in [0.2, 0.25) is 0 Å². The van der Waals surface area contributed by atoms with Crippen molar-refractivity contribution >= 4 is 21.4 Å². The van der Waals surface area contributed by atoms with E-state index in [0.29, 0.717) is 0 Å². The molecule has 0 radical (unpaired) electrons. The van der Waals surface area contributed by atoms with E-state index < -0.39 is 25.4 Å². The van der Waals surface area contributed by atoms with Gasteiger partial charge in [-0.2, -0.15) is 0 Å². The van der Waals surface area contributed by atoms with Crippen molar-refractivity contribution < 1.29 is 28.3 Å². The SMILES string of the molecule is COP(=O)(O)OC[C@H]1OC2(B=B2)[C@@H](O)C1C. The average molecular weight is 246 g/mol.